The zero-order valence-corrected chi connectivity index (χ0v) is 12.2. The Balaban J connectivity index is 2.53. The van der Waals surface area contributed by atoms with Crippen molar-refractivity contribution in [3.8, 4) is 0 Å². The van der Waals surface area contributed by atoms with Gasteiger partial charge in [-0.25, -0.2) is 13.2 Å². The molecule has 1 atom stereocenters. The maximum Gasteiger partial charge on any atom is 0.161 e. The molecule has 0 saturated carbocycles. The summed E-state index contributed by atoms with van der Waals surface area (Å²) in [4.78, 5) is 0. The van der Waals surface area contributed by atoms with Gasteiger partial charge in [0.05, 0.1) is 5.38 Å². The second-order valence-corrected chi connectivity index (χ2v) is 5.40. The average Bonchev–Trinajstić information content (AvgIpc) is 2.36. The van der Waals surface area contributed by atoms with E-state index in [2.05, 4.69) is 15.9 Å². The molecule has 19 heavy (non-hydrogen) atoms. The quantitative estimate of drug-likeness (QED) is 0.496. The fourth-order valence-electron chi connectivity index (χ4n) is 1.80. The Kier molecular flexibility index (Phi) is 4.21. The maximum atomic E-state index is 13.7. The topological polar surface area (TPSA) is 0 Å². The lowest BCUT2D eigenvalue weighted by molar-refractivity contribution is 0.490. The summed E-state index contributed by atoms with van der Waals surface area (Å²) >= 11 is 9.53. The van der Waals surface area contributed by atoms with E-state index in [1.807, 2.05) is 13.0 Å². The normalized spacial score (nSPS) is 12.5. The van der Waals surface area contributed by atoms with Crippen LogP contribution in [0.3, 0.4) is 0 Å². The van der Waals surface area contributed by atoms with Crippen molar-refractivity contribution in [2.75, 3.05) is 0 Å². The van der Waals surface area contributed by atoms with E-state index < -0.39 is 22.8 Å². The van der Waals surface area contributed by atoms with Gasteiger partial charge in [0.2, 0.25) is 0 Å². The Bertz CT molecular complexity index is 628. The number of benzene rings is 2. The highest BCUT2D eigenvalue weighted by molar-refractivity contribution is 9.10. The van der Waals surface area contributed by atoms with Gasteiger partial charge < -0.3 is 0 Å². The van der Waals surface area contributed by atoms with Gasteiger partial charge in [0.15, 0.2) is 11.6 Å². The van der Waals surface area contributed by atoms with Gasteiger partial charge in [-0.3, -0.25) is 0 Å². The fraction of sp³-hybridized carbons (Fsp3) is 0.143. The van der Waals surface area contributed by atoms with Crippen molar-refractivity contribution < 1.29 is 13.2 Å². The number of rotatable bonds is 2. The zero-order chi connectivity index (χ0) is 14.2. The number of hydrogen-bond donors (Lipinski definition) is 0. The average molecular weight is 350 g/mol. The highest BCUT2D eigenvalue weighted by atomic mass is 79.9. The molecule has 0 aromatic heterocycles. The molecule has 2 rings (SSSR count). The monoisotopic (exact) mass is 348 g/mol. The summed E-state index contributed by atoms with van der Waals surface area (Å²) in [5.74, 6) is -3.20. The van der Waals surface area contributed by atoms with Crippen LogP contribution in [-0.2, 0) is 0 Å². The first kappa shape index (κ1) is 14.4. The molecule has 0 saturated heterocycles. The molecule has 0 bridgehead atoms. The van der Waals surface area contributed by atoms with Crippen molar-refractivity contribution in [2.45, 2.75) is 12.3 Å². The van der Waals surface area contributed by atoms with E-state index in [0.29, 0.717) is 11.6 Å². The van der Waals surface area contributed by atoms with Gasteiger partial charge in [0.25, 0.3) is 0 Å². The molecule has 0 fully saturated rings. The van der Waals surface area contributed by atoms with E-state index in [4.69, 9.17) is 11.6 Å². The first-order valence-corrected chi connectivity index (χ1v) is 6.68. The standard InChI is InChI=1S/C14H9BrClF3/c1-7-8(3-2-4-10(7)15)14(16)9-5-12(18)13(19)6-11(9)17/h2-6,14H,1H3. The molecule has 0 aliphatic rings. The summed E-state index contributed by atoms with van der Waals surface area (Å²) in [5.41, 5.74) is 1.38. The van der Waals surface area contributed by atoms with Crippen LogP contribution in [-0.4, -0.2) is 0 Å². The van der Waals surface area contributed by atoms with E-state index in [1.54, 1.807) is 12.1 Å². The number of hydrogen-bond acceptors (Lipinski definition) is 0. The summed E-state index contributed by atoms with van der Waals surface area (Å²) in [6.45, 7) is 1.81. The molecule has 2 aromatic carbocycles. The van der Waals surface area contributed by atoms with E-state index >= 15 is 0 Å². The Morgan fingerprint density at radius 2 is 1.63 bits per heavy atom. The third-order valence-electron chi connectivity index (χ3n) is 2.90. The van der Waals surface area contributed by atoms with E-state index in [9.17, 15) is 13.2 Å². The first-order chi connectivity index (χ1) is 8.91. The molecule has 100 valence electrons. The SMILES string of the molecule is Cc1c(Br)cccc1C(Cl)c1cc(F)c(F)cc1F. The molecule has 1 unspecified atom stereocenters. The van der Waals surface area contributed by atoms with E-state index in [1.165, 1.54) is 0 Å². The largest absolute Gasteiger partial charge is 0.207 e. The highest BCUT2D eigenvalue weighted by Crippen LogP contribution is 2.35. The van der Waals surface area contributed by atoms with Crippen molar-refractivity contribution in [1.82, 2.24) is 0 Å². The van der Waals surface area contributed by atoms with Gasteiger partial charge in [-0.05, 0) is 30.2 Å². The Hall–Kier alpha value is -1.00. The van der Waals surface area contributed by atoms with Crippen LogP contribution in [0.2, 0.25) is 0 Å². The molecule has 0 amide bonds. The molecule has 0 radical (unpaired) electrons. The molecule has 0 aliphatic heterocycles. The number of alkyl halides is 1. The van der Waals surface area contributed by atoms with Gasteiger partial charge in [-0.2, -0.15) is 0 Å². The van der Waals surface area contributed by atoms with Crippen LogP contribution >= 0.6 is 27.5 Å². The van der Waals surface area contributed by atoms with Crippen LogP contribution in [0.4, 0.5) is 13.2 Å². The van der Waals surface area contributed by atoms with Crippen LogP contribution in [0.5, 0.6) is 0 Å². The molecule has 0 heterocycles. The molecular weight excluding hydrogens is 341 g/mol. The molecule has 0 N–H and O–H groups in total. The van der Waals surface area contributed by atoms with Crippen molar-refractivity contribution in [1.29, 1.82) is 0 Å². The minimum absolute atomic E-state index is 0.0817. The minimum Gasteiger partial charge on any atom is -0.207 e. The third kappa shape index (κ3) is 2.79. The third-order valence-corrected chi connectivity index (χ3v) is 4.22. The van der Waals surface area contributed by atoms with Gasteiger partial charge in [-0.1, -0.05) is 28.1 Å². The lowest BCUT2D eigenvalue weighted by atomic mass is 9.99. The summed E-state index contributed by atoms with van der Waals surface area (Å²) in [5, 5.41) is -0.882. The maximum absolute atomic E-state index is 13.7. The summed E-state index contributed by atoms with van der Waals surface area (Å²) < 4.78 is 40.6. The molecule has 5 heteroatoms. The van der Waals surface area contributed by atoms with Gasteiger partial charge in [0.1, 0.15) is 5.82 Å². The zero-order valence-electron chi connectivity index (χ0n) is 9.85. The fourth-order valence-corrected chi connectivity index (χ4v) is 2.58. The predicted octanol–water partition coefficient (Wildman–Crippen LogP) is 5.50. The minimum atomic E-state index is -1.23. The Morgan fingerprint density at radius 3 is 2.32 bits per heavy atom. The van der Waals surface area contributed by atoms with E-state index in [-0.39, 0.29) is 5.56 Å². The lowest BCUT2D eigenvalue weighted by Gasteiger charge is -2.15. The van der Waals surface area contributed by atoms with Crippen molar-refractivity contribution in [3.63, 3.8) is 0 Å². The Morgan fingerprint density at radius 1 is 1.00 bits per heavy atom. The summed E-state index contributed by atoms with van der Waals surface area (Å²) in [7, 11) is 0. The van der Waals surface area contributed by atoms with Crippen molar-refractivity contribution in [2.24, 2.45) is 0 Å². The second kappa shape index (κ2) is 5.55. The smallest absolute Gasteiger partial charge is 0.161 e. The molecule has 0 nitrogen and oxygen atoms in total. The van der Waals surface area contributed by atoms with Crippen LogP contribution in [0.25, 0.3) is 0 Å². The van der Waals surface area contributed by atoms with Crippen molar-refractivity contribution >= 4 is 27.5 Å². The van der Waals surface area contributed by atoms with Gasteiger partial charge in [-0.15, -0.1) is 11.6 Å². The van der Waals surface area contributed by atoms with Crippen LogP contribution in [0.15, 0.2) is 34.8 Å². The molecular formula is C14H9BrClF3. The summed E-state index contributed by atoms with van der Waals surface area (Å²) in [6, 6.07) is 6.60. The highest BCUT2D eigenvalue weighted by Gasteiger charge is 2.20. The van der Waals surface area contributed by atoms with E-state index in [0.717, 1.165) is 16.1 Å². The van der Waals surface area contributed by atoms with Gasteiger partial charge in [0, 0.05) is 16.1 Å². The van der Waals surface area contributed by atoms with Crippen LogP contribution < -0.4 is 0 Å². The number of halogens is 5. The summed E-state index contributed by atoms with van der Waals surface area (Å²) in [6.07, 6.45) is 0. The molecule has 2 aromatic rings. The second-order valence-electron chi connectivity index (χ2n) is 4.10. The first-order valence-electron chi connectivity index (χ1n) is 5.45. The Labute approximate surface area is 122 Å². The van der Waals surface area contributed by atoms with Crippen LogP contribution in [0, 0.1) is 24.4 Å². The van der Waals surface area contributed by atoms with Crippen molar-refractivity contribution in [3.05, 3.63) is 68.9 Å². The molecule has 0 aliphatic carbocycles. The lowest BCUT2D eigenvalue weighted by Crippen LogP contribution is -2.02. The van der Waals surface area contributed by atoms with Crippen LogP contribution in [0.1, 0.15) is 22.1 Å². The molecule has 0 spiro atoms. The van der Waals surface area contributed by atoms with Gasteiger partial charge >= 0.3 is 0 Å². The predicted molar refractivity (Wildman–Crippen MR) is 72.9 cm³/mol.